The van der Waals surface area contributed by atoms with E-state index in [4.69, 9.17) is 9.47 Å². The molecule has 138 valence electrons. The second-order valence-electron chi connectivity index (χ2n) is 7.33. The SMILES string of the molecule is COc1ccc(CN2CCO[C@]3(CCCN(c4cccnc4)C3)C2)cc1. The minimum Gasteiger partial charge on any atom is -0.497 e. The van der Waals surface area contributed by atoms with E-state index in [2.05, 4.69) is 33.0 Å². The Balaban J connectivity index is 1.43. The standard InChI is InChI=1S/C21H27N3O2/c1-25-20-7-5-18(6-8-20)15-23-12-13-26-21(16-23)9-3-11-24(17-21)19-4-2-10-22-14-19/h2,4-8,10,14H,3,9,11-13,15-17H2,1H3/t21-/m1/s1. The molecule has 0 saturated carbocycles. The first-order chi connectivity index (χ1) is 12.8. The average Bonchev–Trinajstić information content (AvgIpc) is 2.69. The van der Waals surface area contributed by atoms with Crippen LogP contribution in [0.5, 0.6) is 5.75 Å². The van der Waals surface area contributed by atoms with Crippen molar-refractivity contribution in [3.8, 4) is 5.75 Å². The smallest absolute Gasteiger partial charge is 0.118 e. The van der Waals surface area contributed by atoms with Gasteiger partial charge in [0, 0.05) is 38.9 Å². The maximum Gasteiger partial charge on any atom is 0.118 e. The van der Waals surface area contributed by atoms with Crippen molar-refractivity contribution in [2.45, 2.75) is 25.0 Å². The van der Waals surface area contributed by atoms with E-state index < -0.39 is 0 Å². The molecule has 1 aromatic carbocycles. The van der Waals surface area contributed by atoms with Crippen LogP contribution in [-0.4, -0.2) is 55.4 Å². The lowest BCUT2D eigenvalue weighted by Crippen LogP contribution is -2.59. The van der Waals surface area contributed by atoms with Gasteiger partial charge in [-0.15, -0.1) is 0 Å². The van der Waals surface area contributed by atoms with Crippen molar-refractivity contribution in [1.29, 1.82) is 0 Å². The van der Waals surface area contributed by atoms with E-state index >= 15 is 0 Å². The number of anilines is 1. The molecular weight excluding hydrogens is 326 g/mol. The molecular formula is C21H27N3O2. The van der Waals surface area contributed by atoms with Gasteiger partial charge in [-0.1, -0.05) is 12.1 Å². The van der Waals surface area contributed by atoms with Gasteiger partial charge in [0.15, 0.2) is 0 Å². The molecule has 2 aromatic rings. The van der Waals surface area contributed by atoms with Crippen molar-refractivity contribution < 1.29 is 9.47 Å². The summed E-state index contributed by atoms with van der Waals surface area (Å²) >= 11 is 0. The average molecular weight is 353 g/mol. The van der Waals surface area contributed by atoms with Crippen LogP contribution in [0.3, 0.4) is 0 Å². The molecule has 0 amide bonds. The molecule has 0 N–H and O–H groups in total. The number of pyridine rings is 1. The van der Waals surface area contributed by atoms with Crippen LogP contribution in [0.4, 0.5) is 5.69 Å². The first-order valence-electron chi connectivity index (χ1n) is 9.41. The molecule has 1 atom stereocenters. The van der Waals surface area contributed by atoms with E-state index in [1.54, 1.807) is 7.11 Å². The first-order valence-corrected chi connectivity index (χ1v) is 9.41. The summed E-state index contributed by atoms with van der Waals surface area (Å²) in [6.07, 6.45) is 6.07. The Labute approximate surface area is 155 Å². The fourth-order valence-corrected chi connectivity index (χ4v) is 4.15. The molecule has 0 radical (unpaired) electrons. The number of methoxy groups -OCH3 is 1. The fraction of sp³-hybridized carbons (Fsp3) is 0.476. The quantitative estimate of drug-likeness (QED) is 0.845. The lowest BCUT2D eigenvalue weighted by Gasteiger charge is -2.48. The van der Waals surface area contributed by atoms with Crippen molar-refractivity contribution in [1.82, 2.24) is 9.88 Å². The number of benzene rings is 1. The predicted octanol–water partition coefficient (Wildman–Crippen LogP) is 2.96. The molecule has 2 saturated heterocycles. The maximum absolute atomic E-state index is 6.34. The monoisotopic (exact) mass is 353 g/mol. The van der Waals surface area contributed by atoms with Crippen molar-refractivity contribution in [2.75, 3.05) is 44.8 Å². The summed E-state index contributed by atoms with van der Waals surface area (Å²) in [6.45, 7) is 5.75. The third kappa shape index (κ3) is 3.84. The minimum atomic E-state index is -0.0706. The molecule has 1 aromatic heterocycles. The lowest BCUT2D eigenvalue weighted by atomic mass is 9.90. The number of piperidine rings is 1. The molecule has 26 heavy (non-hydrogen) atoms. The number of nitrogens with zero attached hydrogens (tertiary/aromatic N) is 3. The van der Waals surface area contributed by atoms with Crippen molar-refractivity contribution in [3.63, 3.8) is 0 Å². The molecule has 1 spiro atoms. The largest absolute Gasteiger partial charge is 0.497 e. The van der Waals surface area contributed by atoms with Crippen molar-refractivity contribution >= 4 is 5.69 Å². The van der Waals surface area contributed by atoms with Crippen LogP contribution in [0, 0.1) is 0 Å². The Morgan fingerprint density at radius 1 is 1.15 bits per heavy atom. The topological polar surface area (TPSA) is 37.8 Å². The van der Waals surface area contributed by atoms with Gasteiger partial charge in [-0.25, -0.2) is 0 Å². The highest BCUT2D eigenvalue weighted by Crippen LogP contribution is 2.32. The highest BCUT2D eigenvalue weighted by molar-refractivity contribution is 5.44. The van der Waals surface area contributed by atoms with E-state index in [1.165, 1.54) is 11.3 Å². The second kappa shape index (κ2) is 7.64. The summed E-state index contributed by atoms with van der Waals surface area (Å²) in [4.78, 5) is 9.23. The van der Waals surface area contributed by atoms with Gasteiger partial charge >= 0.3 is 0 Å². The Morgan fingerprint density at radius 2 is 2.04 bits per heavy atom. The summed E-state index contributed by atoms with van der Waals surface area (Å²) in [6, 6.07) is 12.5. The third-order valence-electron chi connectivity index (χ3n) is 5.44. The third-order valence-corrected chi connectivity index (χ3v) is 5.44. The van der Waals surface area contributed by atoms with Gasteiger partial charge in [0.2, 0.25) is 0 Å². The van der Waals surface area contributed by atoms with Gasteiger partial charge in [-0.2, -0.15) is 0 Å². The highest BCUT2D eigenvalue weighted by atomic mass is 16.5. The number of ether oxygens (including phenoxy) is 2. The molecule has 5 nitrogen and oxygen atoms in total. The van der Waals surface area contributed by atoms with Crippen LogP contribution < -0.4 is 9.64 Å². The van der Waals surface area contributed by atoms with Gasteiger partial charge in [0.1, 0.15) is 5.75 Å². The zero-order valence-electron chi connectivity index (χ0n) is 15.4. The zero-order chi connectivity index (χ0) is 17.8. The molecule has 2 fully saturated rings. The number of hydrogen-bond donors (Lipinski definition) is 0. The summed E-state index contributed by atoms with van der Waals surface area (Å²) in [5, 5.41) is 0. The number of morpholine rings is 1. The van der Waals surface area contributed by atoms with E-state index in [-0.39, 0.29) is 5.60 Å². The van der Waals surface area contributed by atoms with Gasteiger partial charge in [0.25, 0.3) is 0 Å². The first kappa shape index (κ1) is 17.3. The van der Waals surface area contributed by atoms with Gasteiger partial charge < -0.3 is 14.4 Å². The van der Waals surface area contributed by atoms with Gasteiger partial charge in [0.05, 0.1) is 31.2 Å². The normalized spacial score (nSPS) is 24.0. The van der Waals surface area contributed by atoms with Crippen molar-refractivity contribution in [3.05, 3.63) is 54.4 Å². The summed E-state index contributed by atoms with van der Waals surface area (Å²) < 4.78 is 11.6. The Morgan fingerprint density at radius 3 is 2.81 bits per heavy atom. The van der Waals surface area contributed by atoms with Crippen LogP contribution in [0.2, 0.25) is 0 Å². The van der Waals surface area contributed by atoms with Gasteiger partial charge in [-0.05, 0) is 42.7 Å². The molecule has 0 unspecified atom stereocenters. The Kier molecular flexibility index (Phi) is 5.09. The van der Waals surface area contributed by atoms with Crippen LogP contribution in [0.25, 0.3) is 0 Å². The molecule has 2 aliphatic rings. The second-order valence-corrected chi connectivity index (χ2v) is 7.33. The van der Waals surface area contributed by atoms with Crippen LogP contribution >= 0.6 is 0 Å². The van der Waals surface area contributed by atoms with E-state index in [0.717, 1.165) is 57.9 Å². The van der Waals surface area contributed by atoms with E-state index in [1.807, 2.05) is 30.6 Å². The molecule has 5 heteroatoms. The Hall–Kier alpha value is -2.11. The number of hydrogen-bond acceptors (Lipinski definition) is 5. The zero-order valence-corrected chi connectivity index (χ0v) is 15.4. The Bertz CT molecular complexity index is 703. The number of rotatable bonds is 4. The predicted molar refractivity (Wildman–Crippen MR) is 103 cm³/mol. The number of aromatic nitrogens is 1. The van der Waals surface area contributed by atoms with Crippen molar-refractivity contribution in [2.24, 2.45) is 0 Å². The summed E-state index contributed by atoms with van der Waals surface area (Å²) in [7, 11) is 1.71. The fourth-order valence-electron chi connectivity index (χ4n) is 4.15. The summed E-state index contributed by atoms with van der Waals surface area (Å²) in [5.74, 6) is 0.909. The maximum atomic E-state index is 6.34. The molecule has 4 rings (SSSR count). The van der Waals surface area contributed by atoms with Crippen LogP contribution in [0.1, 0.15) is 18.4 Å². The highest BCUT2D eigenvalue weighted by Gasteiger charge is 2.40. The molecule has 2 aliphatic heterocycles. The summed E-state index contributed by atoms with van der Waals surface area (Å²) in [5.41, 5.74) is 2.45. The molecule has 3 heterocycles. The van der Waals surface area contributed by atoms with E-state index in [0.29, 0.717) is 0 Å². The van der Waals surface area contributed by atoms with Crippen LogP contribution in [0.15, 0.2) is 48.8 Å². The van der Waals surface area contributed by atoms with Crippen LogP contribution in [-0.2, 0) is 11.3 Å². The molecule has 0 bridgehead atoms. The minimum absolute atomic E-state index is 0.0706. The van der Waals surface area contributed by atoms with E-state index in [9.17, 15) is 0 Å². The van der Waals surface area contributed by atoms with Gasteiger partial charge in [-0.3, -0.25) is 9.88 Å². The lowest BCUT2D eigenvalue weighted by molar-refractivity contribution is -0.116. The molecule has 0 aliphatic carbocycles.